The number of ether oxygens (including phenoxy) is 1. The molecule has 0 N–H and O–H groups in total. The summed E-state index contributed by atoms with van der Waals surface area (Å²) in [5.41, 5.74) is 1.12. The van der Waals surface area contributed by atoms with Gasteiger partial charge in [-0.2, -0.15) is 0 Å². The van der Waals surface area contributed by atoms with Crippen molar-refractivity contribution in [1.82, 2.24) is 9.88 Å². The van der Waals surface area contributed by atoms with Crippen LogP contribution >= 0.6 is 27.3 Å². The highest BCUT2D eigenvalue weighted by molar-refractivity contribution is 9.09. The van der Waals surface area contributed by atoms with Gasteiger partial charge < -0.3 is 4.74 Å². The SMILES string of the molecule is Cc1csc(CN2CC(C)OC(CBr)C2)n1. The van der Waals surface area contributed by atoms with Crippen LogP contribution in [-0.4, -0.2) is 40.5 Å². The van der Waals surface area contributed by atoms with E-state index in [1.807, 2.05) is 6.92 Å². The third-order valence-electron chi connectivity index (χ3n) is 2.60. The summed E-state index contributed by atoms with van der Waals surface area (Å²) in [6.07, 6.45) is 0.627. The van der Waals surface area contributed by atoms with Crippen LogP contribution in [-0.2, 0) is 11.3 Å². The minimum absolute atomic E-state index is 0.310. The third kappa shape index (κ3) is 3.26. The van der Waals surface area contributed by atoms with Crippen LogP contribution in [0.5, 0.6) is 0 Å². The molecule has 3 nitrogen and oxygen atoms in total. The maximum Gasteiger partial charge on any atom is 0.107 e. The number of alkyl halides is 1. The molecule has 2 rings (SSSR count). The number of hydrogen-bond donors (Lipinski definition) is 0. The molecular formula is C11H17BrN2OS. The summed E-state index contributed by atoms with van der Waals surface area (Å²) in [6.45, 7) is 7.13. The molecule has 2 unspecified atom stereocenters. The molecule has 0 amide bonds. The first kappa shape index (κ1) is 12.5. The van der Waals surface area contributed by atoms with Crippen LogP contribution in [0.3, 0.4) is 0 Å². The molecule has 5 heteroatoms. The van der Waals surface area contributed by atoms with E-state index >= 15 is 0 Å². The second-order valence-electron chi connectivity index (χ2n) is 4.30. The van der Waals surface area contributed by atoms with Crippen LogP contribution in [0.4, 0.5) is 0 Å². The lowest BCUT2D eigenvalue weighted by Crippen LogP contribution is -2.46. The van der Waals surface area contributed by atoms with E-state index in [0.717, 1.165) is 30.7 Å². The summed E-state index contributed by atoms with van der Waals surface area (Å²) in [5.74, 6) is 0. The largest absolute Gasteiger partial charge is 0.372 e. The second kappa shape index (κ2) is 5.58. The summed E-state index contributed by atoms with van der Waals surface area (Å²) in [6, 6.07) is 0. The molecule has 0 spiro atoms. The van der Waals surface area contributed by atoms with Crippen LogP contribution in [0.15, 0.2) is 5.38 Å². The van der Waals surface area contributed by atoms with E-state index in [0.29, 0.717) is 12.2 Å². The van der Waals surface area contributed by atoms with Crippen LogP contribution in [0.25, 0.3) is 0 Å². The highest BCUT2D eigenvalue weighted by Crippen LogP contribution is 2.17. The van der Waals surface area contributed by atoms with E-state index in [2.05, 4.69) is 38.1 Å². The van der Waals surface area contributed by atoms with Crippen molar-refractivity contribution in [3.05, 3.63) is 16.1 Å². The average molecular weight is 305 g/mol. The first-order valence-electron chi connectivity index (χ1n) is 5.52. The molecule has 0 saturated carbocycles. The molecule has 1 saturated heterocycles. The Morgan fingerprint density at radius 1 is 1.62 bits per heavy atom. The van der Waals surface area contributed by atoms with Crippen molar-refractivity contribution in [2.75, 3.05) is 18.4 Å². The van der Waals surface area contributed by atoms with Gasteiger partial charge in [-0.1, -0.05) is 15.9 Å². The number of rotatable bonds is 3. The van der Waals surface area contributed by atoms with Gasteiger partial charge in [0.25, 0.3) is 0 Å². The Kier molecular flexibility index (Phi) is 4.35. The second-order valence-corrected chi connectivity index (χ2v) is 5.89. The van der Waals surface area contributed by atoms with E-state index in [-0.39, 0.29) is 0 Å². The van der Waals surface area contributed by atoms with Gasteiger partial charge in [0.2, 0.25) is 0 Å². The molecule has 1 aliphatic rings. The number of morpholine rings is 1. The van der Waals surface area contributed by atoms with Gasteiger partial charge >= 0.3 is 0 Å². The first-order valence-corrected chi connectivity index (χ1v) is 7.52. The van der Waals surface area contributed by atoms with Crippen LogP contribution in [0.2, 0.25) is 0 Å². The Labute approximate surface area is 109 Å². The predicted molar refractivity (Wildman–Crippen MR) is 70.3 cm³/mol. The fraction of sp³-hybridized carbons (Fsp3) is 0.727. The molecule has 90 valence electrons. The maximum absolute atomic E-state index is 5.80. The quantitative estimate of drug-likeness (QED) is 0.802. The van der Waals surface area contributed by atoms with E-state index in [9.17, 15) is 0 Å². The van der Waals surface area contributed by atoms with E-state index in [4.69, 9.17) is 4.74 Å². The summed E-state index contributed by atoms with van der Waals surface area (Å²) >= 11 is 5.24. The number of aromatic nitrogens is 1. The lowest BCUT2D eigenvalue weighted by Gasteiger charge is -2.35. The minimum Gasteiger partial charge on any atom is -0.372 e. The van der Waals surface area contributed by atoms with Gasteiger partial charge in [0.15, 0.2) is 0 Å². The number of thiazole rings is 1. The van der Waals surface area contributed by atoms with E-state index < -0.39 is 0 Å². The van der Waals surface area contributed by atoms with Gasteiger partial charge in [-0.05, 0) is 13.8 Å². The van der Waals surface area contributed by atoms with Crippen molar-refractivity contribution in [2.24, 2.45) is 0 Å². The van der Waals surface area contributed by atoms with Crippen molar-refractivity contribution in [2.45, 2.75) is 32.6 Å². The van der Waals surface area contributed by atoms with Crippen LogP contribution < -0.4 is 0 Å². The fourth-order valence-corrected chi connectivity index (χ4v) is 3.19. The maximum atomic E-state index is 5.80. The molecule has 1 fully saturated rings. The zero-order valence-corrected chi connectivity index (χ0v) is 12.1. The molecule has 2 atom stereocenters. The first-order chi connectivity index (χ1) is 7.67. The van der Waals surface area contributed by atoms with Gasteiger partial charge in [0.1, 0.15) is 5.01 Å². The summed E-state index contributed by atoms with van der Waals surface area (Å²) in [7, 11) is 0. The van der Waals surface area contributed by atoms with Crippen molar-refractivity contribution < 1.29 is 4.74 Å². The topological polar surface area (TPSA) is 25.4 Å². The molecule has 1 aromatic rings. The van der Waals surface area contributed by atoms with E-state index in [1.165, 1.54) is 5.01 Å². The van der Waals surface area contributed by atoms with Crippen molar-refractivity contribution in [1.29, 1.82) is 0 Å². The zero-order valence-electron chi connectivity index (χ0n) is 9.65. The highest BCUT2D eigenvalue weighted by Gasteiger charge is 2.24. The van der Waals surface area contributed by atoms with Crippen molar-refractivity contribution in [3.63, 3.8) is 0 Å². The van der Waals surface area contributed by atoms with Gasteiger partial charge in [0, 0.05) is 29.5 Å². The van der Waals surface area contributed by atoms with Crippen molar-refractivity contribution >= 4 is 27.3 Å². The molecule has 0 aromatic carbocycles. The van der Waals surface area contributed by atoms with Gasteiger partial charge in [0.05, 0.1) is 18.8 Å². The zero-order chi connectivity index (χ0) is 11.5. The summed E-state index contributed by atoms with van der Waals surface area (Å²) in [5, 5.41) is 4.23. The standard InChI is InChI=1S/C11H17BrN2OS/c1-8-7-16-11(13-8)6-14-4-9(2)15-10(3-12)5-14/h7,9-10H,3-6H2,1-2H3. The average Bonchev–Trinajstić information content (AvgIpc) is 2.63. The summed E-state index contributed by atoms with van der Waals surface area (Å²) in [4.78, 5) is 6.93. The lowest BCUT2D eigenvalue weighted by molar-refractivity contribution is -0.0678. The Bertz CT molecular complexity index is 344. The molecule has 1 aromatic heterocycles. The van der Waals surface area contributed by atoms with Crippen LogP contribution in [0.1, 0.15) is 17.6 Å². The number of aryl methyl sites for hydroxylation is 1. The molecule has 2 heterocycles. The Hall–Kier alpha value is 0.0300. The molecule has 1 aliphatic heterocycles. The Balaban J connectivity index is 1.93. The van der Waals surface area contributed by atoms with Crippen molar-refractivity contribution in [3.8, 4) is 0 Å². The smallest absolute Gasteiger partial charge is 0.107 e. The van der Waals surface area contributed by atoms with Gasteiger partial charge in [-0.15, -0.1) is 11.3 Å². The highest BCUT2D eigenvalue weighted by atomic mass is 79.9. The summed E-state index contributed by atoms with van der Waals surface area (Å²) < 4.78 is 5.80. The third-order valence-corrected chi connectivity index (χ3v) is 4.27. The Morgan fingerprint density at radius 2 is 2.44 bits per heavy atom. The minimum atomic E-state index is 0.310. The molecule has 0 aliphatic carbocycles. The molecular weight excluding hydrogens is 288 g/mol. The Morgan fingerprint density at radius 3 is 3.06 bits per heavy atom. The van der Waals surface area contributed by atoms with Gasteiger partial charge in [-0.25, -0.2) is 4.98 Å². The number of nitrogens with zero attached hydrogens (tertiary/aromatic N) is 2. The number of halogens is 1. The van der Waals surface area contributed by atoms with E-state index in [1.54, 1.807) is 11.3 Å². The van der Waals surface area contributed by atoms with Gasteiger partial charge in [-0.3, -0.25) is 4.90 Å². The normalized spacial score (nSPS) is 27.2. The van der Waals surface area contributed by atoms with Crippen LogP contribution in [0, 0.1) is 6.92 Å². The molecule has 16 heavy (non-hydrogen) atoms. The number of hydrogen-bond acceptors (Lipinski definition) is 4. The predicted octanol–water partition coefficient (Wildman–Crippen LogP) is 2.44. The monoisotopic (exact) mass is 304 g/mol. The fourth-order valence-electron chi connectivity index (χ4n) is 2.02. The molecule has 0 radical (unpaired) electrons. The lowest BCUT2D eigenvalue weighted by atomic mass is 10.2. The molecule has 0 bridgehead atoms.